The van der Waals surface area contributed by atoms with Gasteiger partial charge in [0.2, 0.25) is 10.0 Å². The normalized spacial score (nSPS) is 12.0. The highest BCUT2D eigenvalue weighted by molar-refractivity contribution is 7.89. The zero-order valence-corrected chi connectivity index (χ0v) is 14.8. The van der Waals surface area contributed by atoms with E-state index in [-0.39, 0.29) is 0 Å². The molecule has 5 heteroatoms. The number of sulfonamides is 1. The fourth-order valence-corrected chi connectivity index (χ4v) is 3.88. The monoisotopic (exact) mass is 332 g/mol. The molecule has 0 radical (unpaired) electrons. The summed E-state index contributed by atoms with van der Waals surface area (Å²) < 4.78 is 27.1. The van der Waals surface area contributed by atoms with Crippen LogP contribution in [-0.2, 0) is 16.4 Å². The summed E-state index contributed by atoms with van der Waals surface area (Å²) >= 11 is 0. The van der Waals surface area contributed by atoms with Gasteiger partial charge in [0.25, 0.3) is 0 Å². The lowest BCUT2D eigenvalue weighted by Gasteiger charge is -2.21. The molecule has 0 saturated heterocycles. The van der Waals surface area contributed by atoms with Crippen LogP contribution in [0.2, 0.25) is 0 Å². The van der Waals surface area contributed by atoms with Crippen LogP contribution in [0.1, 0.15) is 37.8 Å². The van der Waals surface area contributed by atoms with Gasteiger partial charge in [0, 0.05) is 25.5 Å². The van der Waals surface area contributed by atoms with Crippen LogP contribution in [0.5, 0.6) is 0 Å². The standard InChI is InChI=1S/C18H24N2O2S/c1-4-20(14-11-16-9-12-19-13-10-16)23(21,22)18-7-5-17(6-8-18)15(2)3/h5-10,12-13,15H,4,11,14H2,1-3H3. The Morgan fingerprint density at radius 1 is 1.04 bits per heavy atom. The number of likely N-dealkylation sites (N-methyl/N-ethyl adjacent to an activating group) is 1. The summed E-state index contributed by atoms with van der Waals surface area (Å²) in [7, 11) is -3.45. The van der Waals surface area contributed by atoms with Crippen molar-refractivity contribution in [2.45, 2.75) is 38.0 Å². The predicted molar refractivity (Wildman–Crippen MR) is 92.9 cm³/mol. The van der Waals surface area contributed by atoms with Gasteiger partial charge in [0.15, 0.2) is 0 Å². The van der Waals surface area contributed by atoms with Gasteiger partial charge in [-0.1, -0.05) is 32.9 Å². The molecule has 0 bridgehead atoms. The second-order valence-electron chi connectivity index (χ2n) is 5.83. The number of aromatic nitrogens is 1. The van der Waals surface area contributed by atoms with Gasteiger partial charge in [-0.25, -0.2) is 8.42 Å². The first-order valence-corrected chi connectivity index (χ1v) is 9.38. The number of nitrogens with zero attached hydrogens (tertiary/aromatic N) is 2. The molecule has 0 aliphatic heterocycles. The molecule has 1 aromatic heterocycles. The summed E-state index contributed by atoms with van der Waals surface area (Å²) in [6.45, 7) is 6.98. The van der Waals surface area contributed by atoms with Crippen LogP contribution in [0.15, 0.2) is 53.7 Å². The fraction of sp³-hybridized carbons (Fsp3) is 0.389. The van der Waals surface area contributed by atoms with Gasteiger partial charge in [-0.15, -0.1) is 0 Å². The van der Waals surface area contributed by atoms with Crippen LogP contribution >= 0.6 is 0 Å². The lowest BCUT2D eigenvalue weighted by atomic mass is 10.0. The van der Waals surface area contributed by atoms with Gasteiger partial charge in [-0.05, 0) is 47.7 Å². The summed E-state index contributed by atoms with van der Waals surface area (Å²) in [5.41, 5.74) is 2.23. The third kappa shape index (κ3) is 4.39. The molecule has 124 valence electrons. The van der Waals surface area contributed by atoms with Crippen molar-refractivity contribution in [2.24, 2.45) is 0 Å². The Labute approximate surface area is 139 Å². The van der Waals surface area contributed by atoms with Crippen molar-refractivity contribution in [2.75, 3.05) is 13.1 Å². The molecule has 0 spiro atoms. The highest BCUT2D eigenvalue weighted by Crippen LogP contribution is 2.20. The van der Waals surface area contributed by atoms with Crippen molar-refractivity contribution in [3.63, 3.8) is 0 Å². The van der Waals surface area contributed by atoms with E-state index in [4.69, 9.17) is 0 Å². The molecule has 4 nitrogen and oxygen atoms in total. The van der Waals surface area contributed by atoms with Crippen molar-refractivity contribution in [3.8, 4) is 0 Å². The Kier molecular flexibility index (Phi) is 5.91. The first kappa shape index (κ1) is 17.6. The first-order valence-electron chi connectivity index (χ1n) is 7.94. The lowest BCUT2D eigenvalue weighted by Crippen LogP contribution is -2.32. The van der Waals surface area contributed by atoms with Crippen molar-refractivity contribution in [1.29, 1.82) is 0 Å². The molecule has 23 heavy (non-hydrogen) atoms. The highest BCUT2D eigenvalue weighted by atomic mass is 32.2. The molecule has 0 unspecified atom stereocenters. The number of pyridine rings is 1. The van der Waals surface area contributed by atoms with Gasteiger partial charge >= 0.3 is 0 Å². The second kappa shape index (κ2) is 7.70. The Bertz CT molecular complexity index is 710. The predicted octanol–water partition coefficient (Wildman–Crippen LogP) is 3.46. The maximum Gasteiger partial charge on any atom is 0.243 e. The van der Waals surface area contributed by atoms with Crippen molar-refractivity contribution in [1.82, 2.24) is 9.29 Å². The second-order valence-corrected chi connectivity index (χ2v) is 7.76. The lowest BCUT2D eigenvalue weighted by molar-refractivity contribution is 0.431. The average molecular weight is 332 g/mol. The van der Waals surface area contributed by atoms with E-state index < -0.39 is 10.0 Å². The average Bonchev–Trinajstić information content (AvgIpc) is 2.56. The Morgan fingerprint density at radius 2 is 1.65 bits per heavy atom. The maximum atomic E-state index is 12.8. The van der Waals surface area contributed by atoms with Gasteiger partial charge < -0.3 is 0 Å². The summed E-state index contributed by atoms with van der Waals surface area (Å²) in [5.74, 6) is 0.390. The van der Waals surface area contributed by atoms with Crippen molar-refractivity contribution >= 4 is 10.0 Å². The molecule has 1 aromatic carbocycles. The SMILES string of the molecule is CCN(CCc1ccncc1)S(=O)(=O)c1ccc(C(C)C)cc1. The smallest absolute Gasteiger partial charge is 0.243 e. The van der Waals surface area contributed by atoms with Crippen LogP contribution in [0.3, 0.4) is 0 Å². The molecule has 1 heterocycles. The summed E-state index contributed by atoms with van der Waals surface area (Å²) in [6.07, 6.45) is 4.13. The van der Waals surface area contributed by atoms with Crippen LogP contribution in [0, 0.1) is 0 Å². The third-order valence-corrected chi connectivity index (χ3v) is 5.92. The molecule has 0 atom stereocenters. The van der Waals surface area contributed by atoms with E-state index >= 15 is 0 Å². The zero-order valence-electron chi connectivity index (χ0n) is 13.9. The van der Waals surface area contributed by atoms with Gasteiger partial charge in [0.05, 0.1) is 4.90 Å². The molecule has 0 aliphatic rings. The molecule has 2 rings (SSSR count). The van der Waals surface area contributed by atoms with Crippen LogP contribution < -0.4 is 0 Å². The van der Waals surface area contributed by atoms with E-state index in [0.29, 0.717) is 30.3 Å². The zero-order chi connectivity index (χ0) is 16.9. The van der Waals surface area contributed by atoms with Crippen LogP contribution in [0.4, 0.5) is 0 Å². The van der Waals surface area contributed by atoms with Crippen molar-refractivity contribution < 1.29 is 8.42 Å². The summed E-state index contributed by atoms with van der Waals surface area (Å²) in [4.78, 5) is 4.34. The van der Waals surface area contributed by atoms with E-state index in [1.165, 1.54) is 4.31 Å². The molecule has 0 N–H and O–H groups in total. The van der Waals surface area contributed by atoms with Gasteiger partial charge in [0.1, 0.15) is 0 Å². The fourth-order valence-electron chi connectivity index (χ4n) is 2.43. The van der Waals surface area contributed by atoms with E-state index in [2.05, 4.69) is 18.8 Å². The minimum absolute atomic E-state index is 0.360. The first-order chi connectivity index (χ1) is 10.9. The summed E-state index contributed by atoms with van der Waals surface area (Å²) in [6, 6.07) is 11.0. The quantitative estimate of drug-likeness (QED) is 0.780. The Balaban J connectivity index is 2.14. The van der Waals surface area contributed by atoms with E-state index in [0.717, 1.165) is 11.1 Å². The van der Waals surface area contributed by atoms with Crippen molar-refractivity contribution in [3.05, 3.63) is 59.9 Å². The van der Waals surface area contributed by atoms with E-state index in [9.17, 15) is 8.42 Å². The molecule has 0 amide bonds. The molecule has 0 saturated carbocycles. The topological polar surface area (TPSA) is 50.3 Å². The minimum atomic E-state index is -3.45. The van der Waals surface area contributed by atoms with E-state index in [1.54, 1.807) is 24.5 Å². The van der Waals surface area contributed by atoms with Gasteiger partial charge in [-0.2, -0.15) is 4.31 Å². The number of benzene rings is 1. The third-order valence-electron chi connectivity index (χ3n) is 3.94. The number of hydrogen-bond donors (Lipinski definition) is 0. The molecule has 2 aromatic rings. The molecule has 0 fully saturated rings. The largest absolute Gasteiger partial charge is 0.265 e. The Hall–Kier alpha value is -1.72. The molecular formula is C18H24N2O2S. The number of rotatable bonds is 7. The highest BCUT2D eigenvalue weighted by Gasteiger charge is 2.22. The molecular weight excluding hydrogens is 308 g/mol. The van der Waals surface area contributed by atoms with Crippen LogP contribution in [-0.4, -0.2) is 30.8 Å². The van der Waals surface area contributed by atoms with Gasteiger partial charge in [-0.3, -0.25) is 4.98 Å². The Morgan fingerprint density at radius 3 is 2.17 bits per heavy atom. The maximum absolute atomic E-state index is 12.8. The number of hydrogen-bond acceptors (Lipinski definition) is 3. The summed E-state index contributed by atoms with van der Waals surface area (Å²) in [5, 5.41) is 0. The van der Waals surface area contributed by atoms with Crippen LogP contribution in [0.25, 0.3) is 0 Å². The van der Waals surface area contributed by atoms with E-state index in [1.807, 2.05) is 31.2 Å². The molecule has 0 aliphatic carbocycles. The minimum Gasteiger partial charge on any atom is -0.265 e.